The van der Waals surface area contributed by atoms with E-state index in [1.54, 1.807) is 0 Å². The Morgan fingerprint density at radius 3 is 2.67 bits per heavy atom. The smallest absolute Gasteiger partial charge is 0.220 e. The lowest BCUT2D eigenvalue weighted by atomic mass is 9.98. The molecule has 1 aromatic carbocycles. The molecule has 3 heteroatoms. The molecule has 0 aliphatic rings. The van der Waals surface area contributed by atoms with Crippen LogP contribution >= 0.6 is 0 Å². The van der Waals surface area contributed by atoms with Gasteiger partial charge in [-0.1, -0.05) is 37.3 Å². The molecule has 1 atom stereocenters. The molecule has 80 valence electrons. The molecule has 1 amide bonds. The molecule has 3 nitrogen and oxygen atoms in total. The highest BCUT2D eigenvalue weighted by molar-refractivity contribution is 5.78. The van der Waals surface area contributed by atoms with Crippen LogP contribution in [-0.4, -0.2) is 18.7 Å². The second-order valence-electron chi connectivity index (χ2n) is 3.49. The van der Waals surface area contributed by atoms with E-state index in [0.717, 1.165) is 5.56 Å². The van der Waals surface area contributed by atoms with E-state index >= 15 is 0 Å². The normalized spacial score (nSPS) is 11.8. The van der Waals surface area contributed by atoms with E-state index in [2.05, 4.69) is 5.32 Å². The van der Waals surface area contributed by atoms with Crippen molar-refractivity contribution in [3.05, 3.63) is 35.9 Å². The lowest BCUT2D eigenvalue weighted by Crippen LogP contribution is -2.26. The fraction of sp³-hybridized carbons (Fsp3) is 0.333. The largest absolute Gasteiger partial charge is 0.349 e. The van der Waals surface area contributed by atoms with Gasteiger partial charge in [0.2, 0.25) is 5.91 Å². The number of hydrogen-bond acceptors (Lipinski definition) is 2. The number of aldehydes is 1. The third kappa shape index (κ3) is 3.94. The summed E-state index contributed by atoms with van der Waals surface area (Å²) in [4.78, 5) is 21.4. The number of hydrogen-bond donors (Lipinski definition) is 1. The fourth-order valence-corrected chi connectivity index (χ4v) is 1.41. The summed E-state index contributed by atoms with van der Waals surface area (Å²) in [5.74, 6) is 0.0938. The monoisotopic (exact) mass is 205 g/mol. The Morgan fingerprint density at radius 1 is 1.40 bits per heavy atom. The lowest BCUT2D eigenvalue weighted by molar-refractivity contribution is -0.122. The minimum Gasteiger partial charge on any atom is -0.349 e. The van der Waals surface area contributed by atoms with Gasteiger partial charge in [-0.15, -0.1) is 0 Å². The van der Waals surface area contributed by atoms with Gasteiger partial charge in [-0.2, -0.15) is 0 Å². The molecule has 0 spiro atoms. The zero-order chi connectivity index (χ0) is 11.1. The molecule has 1 unspecified atom stereocenters. The van der Waals surface area contributed by atoms with Crippen LogP contribution in [0, 0.1) is 0 Å². The molecule has 0 aliphatic carbocycles. The Kier molecular flexibility index (Phi) is 4.54. The van der Waals surface area contributed by atoms with E-state index in [1.165, 1.54) is 0 Å². The van der Waals surface area contributed by atoms with Crippen molar-refractivity contribution >= 4 is 12.2 Å². The summed E-state index contributed by atoms with van der Waals surface area (Å²) in [7, 11) is 0. The third-order valence-electron chi connectivity index (χ3n) is 2.24. The summed E-state index contributed by atoms with van der Waals surface area (Å²) >= 11 is 0. The summed E-state index contributed by atoms with van der Waals surface area (Å²) in [5, 5.41) is 2.53. The number of nitrogens with one attached hydrogen (secondary N) is 1. The van der Waals surface area contributed by atoms with Crippen LogP contribution in [0.3, 0.4) is 0 Å². The molecule has 0 aliphatic heterocycles. The summed E-state index contributed by atoms with van der Waals surface area (Å²) < 4.78 is 0. The highest BCUT2D eigenvalue weighted by Crippen LogP contribution is 2.17. The molecule has 0 aromatic heterocycles. The van der Waals surface area contributed by atoms with Gasteiger partial charge in [0.15, 0.2) is 0 Å². The number of carbonyl (C=O) groups is 2. The van der Waals surface area contributed by atoms with Crippen LogP contribution in [0.5, 0.6) is 0 Å². The van der Waals surface area contributed by atoms with Crippen LogP contribution in [0.2, 0.25) is 0 Å². The van der Waals surface area contributed by atoms with Gasteiger partial charge in [0.25, 0.3) is 0 Å². The van der Waals surface area contributed by atoms with Crippen LogP contribution in [-0.2, 0) is 9.59 Å². The van der Waals surface area contributed by atoms with E-state index in [4.69, 9.17) is 0 Å². The van der Waals surface area contributed by atoms with Gasteiger partial charge < -0.3 is 10.1 Å². The molecule has 1 N–H and O–H groups in total. The predicted octanol–water partition coefficient (Wildman–Crippen LogP) is 1.50. The first-order valence-electron chi connectivity index (χ1n) is 4.99. The van der Waals surface area contributed by atoms with Crippen molar-refractivity contribution in [3.63, 3.8) is 0 Å². The van der Waals surface area contributed by atoms with E-state index in [9.17, 15) is 9.59 Å². The van der Waals surface area contributed by atoms with Gasteiger partial charge >= 0.3 is 0 Å². The van der Waals surface area contributed by atoms with Crippen molar-refractivity contribution in [1.29, 1.82) is 0 Å². The standard InChI is InChI=1S/C12H15NO2/c1-10(9-12(15)13-7-8-14)11-5-3-2-4-6-11/h2-6,8,10H,7,9H2,1H3,(H,13,15). The van der Waals surface area contributed by atoms with E-state index in [0.29, 0.717) is 12.7 Å². The summed E-state index contributed by atoms with van der Waals surface area (Å²) in [6.07, 6.45) is 1.10. The van der Waals surface area contributed by atoms with Crippen LogP contribution in [0.4, 0.5) is 0 Å². The highest BCUT2D eigenvalue weighted by Gasteiger charge is 2.09. The van der Waals surface area contributed by atoms with Crippen molar-refractivity contribution in [2.24, 2.45) is 0 Å². The van der Waals surface area contributed by atoms with Crippen LogP contribution in [0.25, 0.3) is 0 Å². The Bertz CT molecular complexity index is 322. The minimum absolute atomic E-state index is 0.0848. The molecule has 0 fully saturated rings. The lowest BCUT2D eigenvalue weighted by Gasteiger charge is -2.10. The van der Waals surface area contributed by atoms with Gasteiger partial charge in [-0.05, 0) is 11.5 Å². The number of amides is 1. The maximum Gasteiger partial charge on any atom is 0.220 e. The number of benzene rings is 1. The molecule has 0 heterocycles. The Morgan fingerprint density at radius 2 is 2.07 bits per heavy atom. The van der Waals surface area contributed by atoms with E-state index < -0.39 is 0 Å². The predicted molar refractivity (Wildman–Crippen MR) is 58.5 cm³/mol. The molecular weight excluding hydrogens is 190 g/mol. The first-order valence-corrected chi connectivity index (χ1v) is 4.99. The molecule has 0 saturated heterocycles. The molecule has 0 bridgehead atoms. The SMILES string of the molecule is CC(CC(=O)NCC=O)c1ccccc1. The van der Waals surface area contributed by atoms with Gasteiger partial charge in [0.05, 0.1) is 6.54 Å². The summed E-state index contributed by atoms with van der Waals surface area (Å²) in [5.41, 5.74) is 1.14. The molecule has 15 heavy (non-hydrogen) atoms. The second-order valence-corrected chi connectivity index (χ2v) is 3.49. The Labute approximate surface area is 89.5 Å². The maximum atomic E-state index is 11.3. The first kappa shape index (κ1) is 11.4. The van der Waals surface area contributed by atoms with Crippen LogP contribution in [0.15, 0.2) is 30.3 Å². The average molecular weight is 205 g/mol. The molecule has 1 aromatic rings. The van der Waals surface area contributed by atoms with E-state index in [-0.39, 0.29) is 18.4 Å². The van der Waals surface area contributed by atoms with Crippen molar-refractivity contribution in [1.82, 2.24) is 5.32 Å². The Hall–Kier alpha value is -1.64. The summed E-state index contributed by atoms with van der Waals surface area (Å²) in [6.45, 7) is 2.09. The van der Waals surface area contributed by atoms with Crippen LogP contribution in [0.1, 0.15) is 24.8 Å². The highest BCUT2D eigenvalue weighted by atomic mass is 16.2. The van der Waals surface area contributed by atoms with Gasteiger partial charge in [-0.3, -0.25) is 4.79 Å². The third-order valence-corrected chi connectivity index (χ3v) is 2.24. The van der Waals surface area contributed by atoms with Gasteiger partial charge in [0.1, 0.15) is 6.29 Å². The number of rotatable bonds is 5. The zero-order valence-electron chi connectivity index (χ0n) is 8.77. The molecule has 0 radical (unpaired) electrons. The first-order chi connectivity index (χ1) is 7.24. The van der Waals surface area contributed by atoms with E-state index in [1.807, 2.05) is 37.3 Å². The molecule has 1 rings (SSSR count). The quantitative estimate of drug-likeness (QED) is 0.740. The minimum atomic E-state index is -0.0848. The maximum absolute atomic E-state index is 11.3. The van der Waals surface area contributed by atoms with Gasteiger partial charge in [0, 0.05) is 6.42 Å². The van der Waals surface area contributed by atoms with Crippen molar-refractivity contribution < 1.29 is 9.59 Å². The second kappa shape index (κ2) is 5.96. The molecule has 0 saturated carbocycles. The van der Waals surface area contributed by atoms with Crippen molar-refractivity contribution in [3.8, 4) is 0 Å². The summed E-state index contributed by atoms with van der Waals surface area (Å²) in [6, 6.07) is 9.85. The van der Waals surface area contributed by atoms with Crippen molar-refractivity contribution in [2.75, 3.05) is 6.54 Å². The molecular formula is C12H15NO2. The number of carbonyl (C=O) groups excluding carboxylic acids is 2. The zero-order valence-corrected chi connectivity index (χ0v) is 8.77. The Balaban J connectivity index is 2.45. The average Bonchev–Trinajstić information content (AvgIpc) is 2.27. The topological polar surface area (TPSA) is 46.2 Å². The fourth-order valence-electron chi connectivity index (χ4n) is 1.41. The van der Waals surface area contributed by atoms with Crippen molar-refractivity contribution in [2.45, 2.75) is 19.3 Å². The van der Waals surface area contributed by atoms with Crippen LogP contribution < -0.4 is 5.32 Å². The van der Waals surface area contributed by atoms with Gasteiger partial charge in [-0.25, -0.2) is 0 Å².